The topological polar surface area (TPSA) is 61.1 Å². The van der Waals surface area contributed by atoms with E-state index in [4.69, 9.17) is 10.4 Å². The number of nitrogens with zero attached hydrogens (tertiary/aromatic N) is 1. The summed E-state index contributed by atoms with van der Waals surface area (Å²) in [5, 5.41) is 11.0. The van der Waals surface area contributed by atoms with E-state index in [2.05, 4.69) is 11.6 Å². The number of halogens is 4. The number of alkyl halides is 4. The van der Waals surface area contributed by atoms with E-state index in [0.717, 1.165) is 0 Å². The standard InChI is InChI=1S/C4HClF3NO2/c5-4(8,2(10)11)3(6,7)1-9/h(H,10,11). The fraction of sp³-hybridized carbons (Fsp3) is 0.500. The van der Waals surface area contributed by atoms with E-state index in [-0.39, 0.29) is 6.07 Å². The van der Waals surface area contributed by atoms with Crippen LogP contribution in [0.4, 0.5) is 13.2 Å². The van der Waals surface area contributed by atoms with E-state index in [9.17, 15) is 18.0 Å². The number of aliphatic carboxylic acids is 1. The van der Waals surface area contributed by atoms with Crippen LogP contribution in [0.5, 0.6) is 0 Å². The maximum absolute atomic E-state index is 12.2. The summed E-state index contributed by atoms with van der Waals surface area (Å²) < 4.78 is 36.0. The molecule has 62 valence electrons. The summed E-state index contributed by atoms with van der Waals surface area (Å²) in [6.07, 6.45) is 0. The molecule has 1 N–H and O–H groups in total. The largest absolute Gasteiger partial charge is 0.478 e. The SMILES string of the molecule is N#CC(F)(F)C(F)(Cl)C(=O)O. The Balaban J connectivity index is 4.86. The zero-order valence-electron chi connectivity index (χ0n) is 4.81. The average molecular weight is 188 g/mol. The summed E-state index contributed by atoms with van der Waals surface area (Å²) in [7, 11) is 0. The first-order chi connectivity index (χ1) is 4.75. The second-order valence-corrected chi connectivity index (χ2v) is 2.09. The summed E-state index contributed by atoms with van der Waals surface area (Å²) in [6.45, 7) is 0. The molecule has 7 heteroatoms. The Labute approximate surface area is 64.0 Å². The van der Waals surface area contributed by atoms with E-state index < -0.39 is 17.0 Å². The minimum Gasteiger partial charge on any atom is -0.478 e. The normalized spacial score (nSPS) is 16.6. The van der Waals surface area contributed by atoms with Gasteiger partial charge in [-0.3, -0.25) is 0 Å². The van der Waals surface area contributed by atoms with E-state index in [1.165, 1.54) is 0 Å². The van der Waals surface area contributed by atoms with Crippen molar-refractivity contribution in [2.75, 3.05) is 0 Å². The van der Waals surface area contributed by atoms with Crippen molar-refractivity contribution in [1.82, 2.24) is 0 Å². The molecule has 0 rings (SSSR count). The van der Waals surface area contributed by atoms with Crippen LogP contribution in [0.2, 0.25) is 0 Å². The zero-order chi connectivity index (χ0) is 9.28. The third-order valence-corrected chi connectivity index (χ3v) is 1.20. The minimum absolute atomic E-state index is 0.142. The average Bonchev–Trinajstić information content (AvgIpc) is 1.87. The van der Waals surface area contributed by atoms with Gasteiger partial charge in [0.25, 0.3) is 0 Å². The van der Waals surface area contributed by atoms with Crippen molar-refractivity contribution in [3.05, 3.63) is 0 Å². The number of carbonyl (C=O) groups is 1. The molecule has 0 radical (unpaired) electrons. The molecule has 0 aliphatic rings. The Morgan fingerprint density at radius 2 is 1.91 bits per heavy atom. The lowest BCUT2D eigenvalue weighted by Gasteiger charge is -2.16. The molecule has 3 nitrogen and oxygen atoms in total. The van der Waals surface area contributed by atoms with Crippen LogP contribution in [0.25, 0.3) is 0 Å². The Hall–Kier alpha value is -0.960. The fourth-order valence-corrected chi connectivity index (χ4v) is 0.247. The lowest BCUT2D eigenvalue weighted by molar-refractivity contribution is -0.159. The van der Waals surface area contributed by atoms with Crippen LogP contribution in [0.15, 0.2) is 0 Å². The summed E-state index contributed by atoms with van der Waals surface area (Å²) in [5.41, 5.74) is 0. The second kappa shape index (κ2) is 2.58. The van der Waals surface area contributed by atoms with Crippen molar-refractivity contribution < 1.29 is 23.1 Å². The number of carboxylic acid groups (broad SMARTS) is 1. The predicted molar refractivity (Wildman–Crippen MR) is 27.9 cm³/mol. The van der Waals surface area contributed by atoms with Gasteiger partial charge in [-0.25, -0.2) is 9.18 Å². The highest BCUT2D eigenvalue weighted by Gasteiger charge is 2.61. The van der Waals surface area contributed by atoms with Gasteiger partial charge in [0.2, 0.25) is 0 Å². The zero-order valence-corrected chi connectivity index (χ0v) is 5.57. The molecular formula is C4HClF3NO2. The van der Waals surface area contributed by atoms with E-state index in [1.54, 1.807) is 0 Å². The summed E-state index contributed by atoms with van der Waals surface area (Å²) in [4.78, 5) is 9.69. The van der Waals surface area contributed by atoms with Gasteiger partial charge in [-0.15, -0.1) is 0 Å². The smallest absolute Gasteiger partial charge is 0.390 e. The van der Waals surface area contributed by atoms with Crippen LogP contribution < -0.4 is 0 Å². The molecule has 1 unspecified atom stereocenters. The first-order valence-electron chi connectivity index (χ1n) is 2.16. The van der Waals surface area contributed by atoms with Gasteiger partial charge in [-0.1, -0.05) is 11.6 Å². The molecule has 0 amide bonds. The maximum Gasteiger partial charge on any atom is 0.390 e. The van der Waals surface area contributed by atoms with Crippen LogP contribution >= 0.6 is 11.6 Å². The molecule has 1 atom stereocenters. The van der Waals surface area contributed by atoms with Gasteiger partial charge in [0.15, 0.2) is 0 Å². The highest BCUT2D eigenvalue weighted by atomic mass is 35.5. The second-order valence-electron chi connectivity index (χ2n) is 1.57. The Morgan fingerprint density at radius 3 is 2.00 bits per heavy atom. The van der Waals surface area contributed by atoms with Crippen molar-refractivity contribution in [1.29, 1.82) is 5.26 Å². The molecule has 0 heterocycles. The van der Waals surface area contributed by atoms with Crippen molar-refractivity contribution in [2.45, 2.75) is 11.1 Å². The minimum atomic E-state index is -4.74. The molecular weight excluding hydrogens is 186 g/mol. The summed E-state index contributed by atoms with van der Waals surface area (Å²) >= 11 is 4.22. The highest BCUT2D eigenvalue weighted by molar-refractivity contribution is 6.33. The van der Waals surface area contributed by atoms with Crippen molar-refractivity contribution in [2.24, 2.45) is 0 Å². The third kappa shape index (κ3) is 1.54. The van der Waals surface area contributed by atoms with Crippen molar-refractivity contribution in [3.8, 4) is 6.07 Å². The van der Waals surface area contributed by atoms with Crippen LogP contribution in [0.1, 0.15) is 0 Å². The van der Waals surface area contributed by atoms with E-state index in [0.29, 0.717) is 0 Å². The molecule has 0 aromatic carbocycles. The van der Waals surface area contributed by atoms with Gasteiger partial charge < -0.3 is 5.11 Å². The number of hydrogen-bond donors (Lipinski definition) is 1. The third-order valence-electron chi connectivity index (χ3n) is 0.803. The number of nitriles is 1. The van der Waals surface area contributed by atoms with Gasteiger partial charge in [-0.05, 0) is 0 Å². The molecule has 0 saturated heterocycles. The van der Waals surface area contributed by atoms with E-state index >= 15 is 0 Å². The Kier molecular flexibility index (Phi) is 2.36. The number of hydrogen-bond acceptors (Lipinski definition) is 2. The van der Waals surface area contributed by atoms with Gasteiger partial charge in [-0.2, -0.15) is 14.0 Å². The molecule has 0 spiro atoms. The van der Waals surface area contributed by atoms with Crippen LogP contribution in [0, 0.1) is 11.3 Å². The number of rotatable bonds is 2. The molecule has 0 aromatic heterocycles. The first kappa shape index (κ1) is 10.0. The van der Waals surface area contributed by atoms with Gasteiger partial charge in [0, 0.05) is 0 Å². The Bertz CT molecular complexity index is 222. The molecule has 0 fully saturated rings. The van der Waals surface area contributed by atoms with E-state index in [1.807, 2.05) is 0 Å². The monoisotopic (exact) mass is 187 g/mol. The predicted octanol–water partition coefficient (Wildman–Crippen LogP) is 1.13. The summed E-state index contributed by atoms with van der Waals surface area (Å²) in [5.74, 6) is -7.33. The molecule has 0 saturated carbocycles. The molecule has 0 aliphatic carbocycles. The fourth-order valence-electron chi connectivity index (χ4n) is 0.205. The summed E-state index contributed by atoms with van der Waals surface area (Å²) in [6, 6.07) is 0.142. The first-order valence-corrected chi connectivity index (χ1v) is 2.54. The van der Waals surface area contributed by atoms with Gasteiger partial charge >= 0.3 is 17.0 Å². The molecule has 0 aliphatic heterocycles. The lowest BCUT2D eigenvalue weighted by atomic mass is 10.2. The quantitative estimate of drug-likeness (QED) is 0.660. The van der Waals surface area contributed by atoms with Gasteiger partial charge in [0.1, 0.15) is 6.07 Å². The van der Waals surface area contributed by atoms with Gasteiger partial charge in [0.05, 0.1) is 0 Å². The Morgan fingerprint density at radius 1 is 1.55 bits per heavy atom. The molecule has 11 heavy (non-hydrogen) atoms. The maximum atomic E-state index is 12.2. The number of carboxylic acids is 1. The van der Waals surface area contributed by atoms with Crippen LogP contribution in [0.3, 0.4) is 0 Å². The van der Waals surface area contributed by atoms with Crippen LogP contribution in [-0.4, -0.2) is 22.1 Å². The molecule has 0 bridgehead atoms. The highest BCUT2D eigenvalue weighted by Crippen LogP contribution is 2.35. The van der Waals surface area contributed by atoms with Crippen molar-refractivity contribution in [3.63, 3.8) is 0 Å². The molecule has 0 aromatic rings. The van der Waals surface area contributed by atoms with Crippen LogP contribution in [-0.2, 0) is 4.79 Å². The van der Waals surface area contributed by atoms with Crippen molar-refractivity contribution >= 4 is 17.6 Å². The lowest BCUT2D eigenvalue weighted by Crippen LogP contribution is -2.44.